The normalized spacial score (nSPS) is 12.7. The highest BCUT2D eigenvalue weighted by molar-refractivity contribution is 6.01. The average molecular weight is 467 g/mol. The molecule has 1 aliphatic heterocycles. The van der Waals surface area contributed by atoms with Crippen LogP contribution in [-0.2, 0) is 12.0 Å². The highest BCUT2D eigenvalue weighted by Crippen LogP contribution is 2.31. The molecule has 4 aromatic rings. The first-order valence-corrected chi connectivity index (χ1v) is 11.4. The third kappa shape index (κ3) is 4.50. The number of carbonyl (C=O) groups excluding carboxylic acids is 2. The first-order valence-electron chi connectivity index (χ1n) is 11.4. The van der Waals surface area contributed by atoms with Crippen molar-refractivity contribution >= 4 is 23.4 Å². The fourth-order valence-electron chi connectivity index (χ4n) is 4.08. The minimum atomic E-state index is -0.386. The predicted octanol–water partition coefficient (Wildman–Crippen LogP) is 5.12. The third-order valence-electron chi connectivity index (χ3n) is 5.89. The van der Waals surface area contributed by atoms with E-state index in [1.807, 2.05) is 60.7 Å². The van der Waals surface area contributed by atoms with Crippen molar-refractivity contribution in [2.24, 2.45) is 0 Å². The molecule has 3 amide bonds. The van der Waals surface area contributed by atoms with Gasteiger partial charge in [-0.25, -0.2) is 9.48 Å². The number of carbonyl (C=O) groups is 2. The summed E-state index contributed by atoms with van der Waals surface area (Å²) in [5.74, 6) is 0.484. The Balaban J connectivity index is 1.40. The summed E-state index contributed by atoms with van der Waals surface area (Å²) in [7, 11) is 0. The lowest BCUT2D eigenvalue weighted by atomic mass is 9.92. The van der Waals surface area contributed by atoms with Crippen molar-refractivity contribution in [3.8, 4) is 16.8 Å². The number of hydrogen-bond acceptors (Lipinski definition) is 4. The van der Waals surface area contributed by atoms with Crippen LogP contribution >= 0.6 is 0 Å². The summed E-state index contributed by atoms with van der Waals surface area (Å²) in [5, 5.41) is 13.4. The van der Waals surface area contributed by atoms with Crippen LogP contribution in [0.2, 0.25) is 0 Å². The molecular weight excluding hydrogens is 440 g/mol. The maximum absolute atomic E-state index is 13.0. The predicted molar refractivity (Wildman–Crippen MR) is 136 cm³/mol. The minimum Gasteiger partial charge on any atom is -0.348 e. The van der Waals surface area contributed by atoms with Crippen LogP contribution < -0.4 is 16.0 Å². The van der Waals surface area contributed by atoms with Gasteiger partial charge in [-0.05, 0) is 47.0 Å². The van der Waals surface area contributed by atoms with E-state index in [2.05, 4.69) is 41.7 Å². The molecule has 5 rings (SSSR count). The van der Waals surface area contributed by atoms with Crippen molar-refractivity contribution in [1.82, 2.24) is 20.1 Å². The largest absolute Gasteiger partial charge is 0.348 e. The number of amides is 3. The summed E-state index contributed by atoms with van der Waals surface area (Å²) >= 11 is 0. The lowest BCUT2D eigenvalue weighted by Crippen LogP contribution is -2.21. The van der Waals surface area contributed by atoms with E-state index in [-0.39, 0.29) is 17.4 Å². The number of nitrogens with one attached hydrogen (secondary N) is 3. The van der Waals surface area contributed by atoms with Crippen molar-refractivity contribution in [3.05, 3.63) is 89.9 Å². The molecule has 3 heterocycles. The molecule has 1 aliphatic rings. The van der Waals surface area contributed by atoms with E-state index in [1.165, 1.54) is 0 Å². The van der Waals surface area contributed by atoms with Gasteiger partial charge in [0.1, 0.15) is 5.82 Å². The van der Waals surface area contributed by atoms with Crippen LogP contribution in [0.5, 0.6) is 0 Å². The zero-order valence-electron chi connectivity index (χ0n) is 19.8. The van der Waals surface area contributed by atoms with Gasteiger partial charge in [-0.3, -0.25) is 15.1 Å². The van der Waals surface area contributed by atoms with Gasteiger partial charge in [-0.1, -0.05) is 45.0 Å². The third-order valence-corrected chi connectivity index (χ3v) is 5.89. The highest BCUT2D eigenvalue weighted by atomic mass is 16.2. The number of hydrogen-bond donors (Lipinski definition) is 3. The Hall–Kier alpha value is -4.46. The highest BCUT2D eigenvalue weighted by Gasteiger charge is 2.23. The number of urea groups is 1. The van der Waals surface area contributed by atoms with Crippen LogP contribution in [0, 0.1) is 0 Å². The molecule has 2 aromatic carbocycles. The van der Waals surface area contributed by atoms with Crippen molar-refractivity contribution in [2.45, 2.75) is 32.7 Å². The SMILES string of the molecule is CC(C)(C)c1cc(NC(=O)Nc2cccc(-c3cccc4c3CNC4=O)c2)n(-c2cccnc2)n1. The monoisotopic (exact) mass is 466 g/mol. The summed E-state index contributed by atoms with van der Waals surface area (Å²) in [6, 6.07) is 18.5. The van der Waals surface area contributed by atoms with E-state index < -0.39 is 0 Å². The van der Waals surface area contributed by atoms with Crippen LogP contribution in [0.15, 0.2) is 73.1 Å². The second-order valence-corrected chi connectivity index (χ2v) is 9.46. The maximum Gasteiger partial charge on any atom is 0.324 e. The number of pyridine rings is 1. The zero-order chi connectivity index (χ0) is 24.6. The Kier molecular flexibility index (Phi) is 5.56. The van der Waals surface area contributed by atoms with Crippen molar-refractivity contribution in [2.75, 3.05) is 10.6 Å². The lowest BCUT2D eigenvalue weighted by Gasteiger charge is -2.14. The fraction of sp³-hybridized carbons (Fsp3) is 0.185. The van der Waals surface area contributed by atoms with Crippen LogP contribution in [-0.4, -0.2) is 26.7 Å². The molecule has 3 N–H and O–H groups in total. The smallest absolute Gasteiger partial charge is 0.324 e. The average Bonchev–Trinajstić information content (AvgIpc) is 3.44. The van der Waals surface area contributed by atoms with E-state index in [1.54, 1.807) is 17.1 Å². The van der Waals surface area contributed by atoms with Crippen LogP contribution in [0.1, 0.15) is 42.4 Å². The molecule has 2 aromatic heterocycles. The van der Waals surface area contributed by atoms with E-state index in [0.29, 0.717) is 23.6 Å². The van der Waals surface area contributed by atoms with Gasteiger partial charge in [-0.2, -0.15) is 5.10 Å². The maximum atomic E-state index is 13.0. The fourth-order valence-corrected chi connectivity index (χ4v) is 4.08. The minimum absolute atomic E-state index is 0.0599. The number of nitrogens with zero attached hydrogens (tertiary/aromatic N) is 3. The number of aromatic nitrogens is 3. The van der Waals surface area contributed by atoms with Gasteiger partial charge in [-0.15, -0.1) is 0 Å². The first-order chi connectivity index (χ1) is 16.8. The standard InChI is InChI=1S/C27H26N6O2/c1-27(2,3)23-14-24(33(32-23)19-9-6-12-28-15-19)31-26(35)30-18-8-4-7-17(13-18)20-10-5-11-21-22(20)16-29-25(21)34/h4-15H,16H2,1-3H3,(H,29,34)(H2,30,31,35). The lowest BCUT2D eigenvalue weighted by molar-refractivity contribution is 0.0965. The Morgan fingerprint density at radius 1 is 1.00 bits per heavy atom. The number of benzene rings is 2. The van der Waals surface area contributed by atoms with Gasteiger partial charge in [0, 0.05) is 35.5 Å². The summed E-state index contributed by atoms with van der Waals surface area (Å²) < 4.78 is 1.68. The quantitative estimate of drug-likeness (QED) is 0.389. The van der Waals surface area contributed by atoms with Crippen LogP contribution in [0.25, 0.3) is 16.8 Å². The Morgan fingerprint density at radius 2 is 1.80 bits per heavy atom. The molecule has 0 atom stereocenters. The molecule has 0 spiro atoms. The van der Waals surface area contributed by atoms with Gasteiger partial charge >= 0.3 is 6.03 Å². The molecule has 35 heavy (non-hydrogen) atoms. The van der Waals surface area contributed by atoms with Gasteiger partial charge in [0.05, 0.1) is 17.6 Å². The Morgan fingerprint density at radius 3 is 2.57 bits per heavy atom. The number of anilines is 2. The molecule has 0 saturated heterocycles. The Bertz CT molecular complexity index is 1420. The van der Waals surface area contributed by atoms with E-state index in [0.717, 1.165) is 28.1 Å². The van der Waals surface area contributed by atoms with Gasteiger partial charge in [0.2, 0.25) is 0 Å². The van der Waals surface area contributed by atoms with E-state index in [4.69, 9.17) is 5.10 Å². The van der Waals surface area contributed by atoms with Crippen LogP contribution in [0.3, 0.4) is 0 Å². The number of fused-ring (bicyclic) bond motifs is 1. The molecule has 0 bridgehead atoms. The van der Waals surface area contributed by atoms with Crippen molar-refractivity contribution in [1.29, 1.82) is 0 Å². The van der Waals surface area contributed by atoms with Crippen molar-refractivity contribution < 1.29 is 9.59 Å². The van der Waals surface area contributed by atoms with Gasteiger partial charge in [0.25, 0.3) is 5.91 Å². The molecule has 8 nitrogen and oxygen atoms in total. The second kappa shape index (κ2) is 8.72. The summed E-state index contributed by atoms with van der Waals surface area (Å²) in [4.78, 5) is 29.2. The Labute approximate surface area is 203 Å². The molecule has 0 fully saturated rings. The molecule has 8 heteroatoms. The summed E-state index contributed by atoms with van der Waals surface area (Å²) in [5.41, 5.74) is 5.59. The summed E-state index contributed by atoms with van der Waals surface area (Å²) in [6.07, 6.45) is 3.39. The first kappa shape index (κ1) is 22.3. The van der Waals surface area contributed by atoms with E-state index >= 15 is 0 Å². The molecule has 0 aliphatic carbocycles. The molecule has 0 saturated carbocycles. The summed E-state index contributed by atoms with van der Waals surface area (Å²) in [6.45, 7) is 6.71. The topological polar surface area (TPSA) is 101 Å². The molecule has 0 unspecified atom stereocenters. The van der Waals surface area contributed by atoms with Crippen LogP contribution in [0.4, 0.5) is 16.3 Å². The molecule has 0 radical (unpaired) electrons. The molecular formula is C27H26N6O2. The number of rotatable bonds is 4. The van der Waals surface area contributed by atoms with Gasteiger partial charge < -0.3 is 10.6 Å². The molecule has 176 valence electrons. The van der Waals surface area contributed by atoms with E-state index in [9.17, 15) is 9.59 Å². The zero-order valence-corrected chi connectivity index (χ0v) is 19.8. The van der Waals surface area contributed by atoms with Crippen molar-refractivity contribution in [3.63, 3.8) is 0 Å². The van der Waals surface area contributed by atoms with Gasteiger partial charge in [0.15, 0.2) is 0 Å². The second-order valence-electron chi connectivity index (χ2n) is 9.46.